The van der Waals surface area contributed by atoms with Crippen LogP contribution >= 0.6 is 0 Å². The summed E-state index contributed by atoms with van der Waals surface area (Å²) in [6.07, 6.45) is 2.60. The first-order valence-electron chi connectivity index (χ1n) is 14.8. The highest BCUT2D eigenvalue weighted by atomic mass is 16.5. The maximum atomic E-state index is 13.2. The van der Waals surface area contributed by atoms with Gasteiger partial charge in [-0.05, 0) is 79.2 Å². The van der Waals surface area contributed by atoms with E-state index < -0.39 is 6.09 Å². The van der Waals surface area contributed by atoms with Crippen LogP contribution in [0.25, 0.3) is 0 Å². The topological polar surface area (TPSA) is 70.7 Å². The van der Waals surface area contributed by atoms with E-state index in [4.69, 9.17) is 4.74 Å². The first-order chi connectivity index (χ1) is 20.7. The lowest BCUT2D eigenvalue weighted by Crippen LogP contribution is -2.36. The lowest BCUT2D eigenvalue weighted by molar-refractivity contribution is -0.121. The van der Waals surface area contributed by atoms with Crippen molar-refractivity contribution in [1.82, 2.24) is 10.2 Å². The maximum Gasteiger partial charge on any atom is 0.411 e. The van der Waals surface area contributed by atoms with Crippen LogP contribution in [0.3, 0.4) is 0 Å². The van der Waals surface area contributed by atoms with Crippen molar-refractivity contribution >= 4 is 17.7 Å². The summed E-state index contributed by atoms with van der Waals surface area (Å²) >= 11 is 0. The Labute approximate surface area is 248 Å². The van der Waals surface area contributed by atoms with Gasteiger partial charge in [0.05, 0.1) is 5.92 Å². The van der Waals surface area contributed by atoms with Crippen LogP contribution in [0.5, 0.6) is 0 Å². The Morgan fingerprint density at radius 2 is 1.40 bits per heavy atom. The van der Waals surface area contributed by atoms with Gasteiger partial charge >= 0.3 is 6.09 Å². The Kier molecular flexibility index (Phi) is 10.4. The molecule has 4 aromatic carbocycles. The molecule has 42 heavy (non-hydrogen) atoms. The molecule has 0 aromatic heterocycles. The Morgan fingerprint density at radius 3 is 2.05 bits per heavy atom. The molecule has 2 N–H and O–H groups in total. The number of hydrogen-bond acceptors (Lipinski definition) is 4. The molecule has 0 atom stereocenters. The van der Waals surface area contributed by atoms with Gasteiger partial charge in [0, 0.05) is 12.2 Å². The molecule has 1 aliphatic rings. The molecule has 4 aromatic rings. The molecule has 0 spiro atoms. The second-order valence-electron chi connectivity index (χ2n) is 10.8. The van der Waals surface area contributed by atoms with Crippen molar-refractivity contribution in [3.05, 3.63) is 138 Å². The van der Waals surface area contributed by atoms with Crippen LogP contribution in [0.4, 0.5) is 10.5 Å². The fraction of sp³-hybridized carbons (Fsp3) is 0.278. The summed E-state index contributed by atoms with van der Waals surface area (Å²) in [7, 11) is 0. The highest BCUT2D eigenvalue weighted by Gasteiger charge is 2.23. The number of hydrogen-bond donors (Lipinski definition) is 2. The van der Waals surface area contributed by atoms with Gasteiger partial charge in [-0.2, -0.15) is 0 Å². The molecule has 5 rings (SSSR count). The third-order valence-corrected chi connectivity index (χ3v) is 7.88. The average Bonchev–Trinajstić information content (AvgIpc) is 3.04. The number of rotatable bonds is 11. The SMILES string of the molecule is O=C(Nc1cccc(C2CCN(CCCNC(=O)C(c3ccccc3)c3ccccc3)CC2)c1)OCc1ccccc1. The van der Waals surface area contributed by atoms with Gasteiger partial charge in [-0.25, -0.2) is 4.79 Å². The molecule has 1 fully saturated rings. The summed E-state index contributed by atoms with van der Waals surface area (Å²) in [5, 5.41) is 6.05. The zero-order valence-corrected chi connectivity index (χ0v) is 24.0. The van der Waals surface area contributed by atoms with Gasteiger partial charge in [-0.15, -0.1) is 0 Å². The number of carbonyl (C=O) groups excluding carboxylic acids is 2. The number of nitrogens with one attached hydrogen (secondary N) is 2. The number of nitrogens with zero attached hydrogens (tertiary/aromatic N) is 1. The third-order valence-electron chi connectivity index (χ3n) is 7.88. The standard InChI is InChI=1S/C36H39N3O3/c40-35(34(30-14-6-2-7-15-30)31-16-8-3-9-17-31)37-22-11-23-39-24-20-29(21-25-39)32-18-10-19-33(26-32)38-36(41)42-27-28-12-4-1-5-13-28/h1-10,12-19,26,29,34H,11,20-25,27H2,(H,37,40)(H,38,41). The van der Waals surface area contributed by atoms with Crippen LogP contribution in [0.15, 0.2) is 115 Å². The molecule has 216 valence electrons. The molecule has 0 unspecified atom stereocenters. The van der Waals surface area contributed by atoms with Gasteiger partial charge in [-0.3, -0.25) is 10.1 Å². The summed E-state index contributed by atoms with van der Waals surface area (Å²) in [6.45, 7) is 3.90. The Balaban J connectivity index is 1.04. The van der Waals surface area contributed by atoms with Crippen molar-refractivity contribution in [2.75, 3.05) is 31.5 Å². The fourth-order valence-electron chi connectivity index (χ4n) is 5.64. The minimum atomic E-state index is -0.447. The second-order valence-corrected chi connectivity index (χ2v) is 10.8. The monoisotopic (exact) mass is 561 g/mol. The van der Waals surface area contributed by atoms with Crippen LogP contribution in [-0.4, -0.2) is 43.1 Å². The second kappa shape index (κ2) is 15.0. The van der Waals surface area contributed by atoms with Crippen molar-refractivity contribution in [2.24, 2.45) is 0 Å². The quantitative estimate of drug-likeness (QED) is 0.194. The normalized spacial score (nSPS) is 13.9. The average molecular weight is 562 g/mol. The van der Waals surface area contributed by atoms with Crippen LogP contribution in [0.2, 0.25) is 0 Å². The number of piperidine rings is 1. The van der Waals surface area contributed by atoms with Crippen molar-refractivity contribution in [3.63, 3.8) is 0 Å². The van der Waals surface area contributed by atoms with Crippen molar-refractivity contribution in [1.29, 1.82) is 0 Å². The molecule has 1 aliphatic heterocycles. The minimum Gasteiger partial charge on any atom is -0.444 e. The highest BCUT2D eigenvalue weighted by Crippen LogP contribution is 2.30. The number of amides is 2. The Hall–Kier alpha value is -4.42. The highest BCUT2D eigenvalue weighted by molar-refractivity contribution is 5.87. The van der Waals surface area contributed by atoms with Gasteiger partial charge in [-0.1, -0.05) is 103 Å². The number of carbonyl (C=O) groups is 2. The van der Waals surface area contributed by atoms with E-state index in [0.717, 1.165) is 61.3 Å². The molecule has 6 heteroatoms. The first kappa shape index (κ1) is 29.1. The molecule has 1 saturated heterocycles. The predicted octanol–water partition coefficient (Wildman–Crippen LogP) is 6.95. The molecular weight excluding hydrogens is 522 g/mol. The number of ether oxygens (including phenoxy) is 1. The first-order valence-corrected chi connectivity index (χ1v) is 14.8. The van der Waals surface area contributed by atoms with Gasteiger partial charge in [0.1, 0.15) is 6.61 Å². The predicted molar refractivity (Wildman–Crippen MR) is 167 cm³/mol. The zero-order valence-electron chi connectivity index (χ0n) is 24.0. The smallest absolute Gasteiger partial charge is 0.411 e. The molecule has 0 aliphatic carbocycles. The summed E-state index contributed by atoms with van der Waals surface area (Å²) in [6, 6.07) is 37.7. The van der Waals surface area contributed by atoms with E-state index in [1.54, 1.807) is 0 Å². The summed E-state index contributed by atoms with van der Waals surface area (Å²) < 4.78 is 5.37. The van der Waals surface area contributed by atoms with E-state index in [1.807, 2.05) is 103 Å². The summed E-state index contributed by atoms with van der Waals surface area (Å²) in [5.41, 5.74) is 4.97. The summed E-state index contributed by atoms with van der Waals surface area (Å²) in [4.78, 5) is 28.0. The molecule has 6 nitrogen and oxygen atoms in total. The van der Waals surface area contributed by atoms with E-state index >= 15 is 0 Å². The summed E-state index contributed by atoms with van der Waals surface area (Å²) in [5.74, 6) is 0.197. The molecule has 0 bridgehead atoms. The Bertz CT molecular complexity index is 1370. The largest absolute Gasteiger partial charge is 0.444 e. The zero-order chi connectivity index (χ0) is 29.0. The molecule has 0 radical (unpaired) electrons. The van der Waals surface area contributed by atoms with Crippen molar-refractivity contribution in [3.8, 4) is 0 Å². The van der Waals surface area contributed by atoms with Crippen molar-refractivity contribution in [2.45, 2.75) is 37.7 Å². The maximum absolute atomic E-state index is 13.2. The van der Waals surface area contributed by atoms with E-state index in [0.29, 0.717) is 12.5 Å². The lowest BCUT2D eigenvalue weighted by Gasteiger charge is -2.32. The molecule has 2 amide bonds. The van der Waals surface area contributed by atoms with Gasteiger partial charge in [0.25, 0.3) is 0 Å². The van der Waals surface area contributed by atoms with E-state index in [2.05, 4.69) is 27.7 Å². The van der Waals surface area contributed by atoms with Crippen LogP contribution < -0.4 is 10.6 Å². The number of anilines is 1. The lowest BCUT2D eigenvalue weighted by atomic mass is 9.89. The molecule has 1 heterocycles. The van der Waals surface area contributed by atoms with Crippen LogP contribution in [0, 0.1) is 0 Å². The van der Waals surface area contributed by atoms with Crippen LogP contribution in [-0.2, 0) is 16.1 Å². The fourth-order valence-corrected chi connectivity index (χ4v) is 5.64. The number of likely N-dealkylation sites (tertiary alicyclic amines) is 1. The molecule has 0 saturated carbocycles. The molecular formula is C36H39N3O3. The van der Waals surface area contributed by atoms with E-state index in [1.165, 1.54) is 5.56 Å². The third kappa shape index (κ3) is 8.30. The number of benzene rings is 4. The van der Waals surface area contributed by atoms with Gasteiger partial charge in [0.2, 0.25) is 5.91 Å². The van der Waals surface area contributed by atoms with Gasteiger partial charge < -0.3 is 15.0 Å². The minimum absolute atomic E-state index is 0.0450. The van der Waals surface area contributed by atoms with E-state index in [-0.39, 0.29) is 18.4 Å². The van der Waals surface area contributed by atoms with Crippen molar-refractivity contribution < 1.29 is 14.3 Å². The van der Waals surface area contributed by atoms with Gasteiger partial charge in [0.15, 0.2) is 0 Å². The van der Waals surface area contributed by atoms with Crippen LogP contribution in [0.1, 0.15) is 53.4 Å². The van der Waals surface area contributed by atoms with E-state index in [9.17, 15) is 9.59 Å². The Morgan fingerprint density at radius 1 is 0.786 bits per heavy atom.